The minimum atomic E-state index is -0.290. The number of allylic oxidation sites excluding steroid dienone is 2. The Morgan fingerprint density at radius 1 is 1.64 bits per heavy atom. The molecule has 0 saturated carbocycles. The van der Waals surface area contributed by atoms with Crippen LogP contribution in [0.1, 0.15) is 26.2 Å². The molecule has 1 aliphatic carbocycles. The maximum atomic E-state index is 11.1. The van der Waals surface area contributed by atoms with Crippen molar-refractivity contribution in [3.8, 4) is 0 Å². The summed E-state index contributed by atoms with van der Waals surface area (Å²) in [6, 6.07) is 0. The van der Waals surface area contributed by atoms with Crippen molar-refractivity contribution in [1.82, 2.24) is 0 Å². The number of hydrogen-bond donors (Lipinski definition) is 0. The Morgan fingerprint density at radius 2 is 2.43 bits per heavy atom. The molecule has 0 saturated heterocycles. The molecule has 0 aromatic heterocycles. The highest BCUT2D eigenvalue weighted by atomic mass is 16.6. The van der Waals surface area contributed by atoms with E-state index in [2.05, 4.69) is 6.58 Å². The van der Waals surface area contributed by atoms with Gasteiger partial charge in [0.1, 0.15) is 11.5 Å². The maximum Gasteiger partial charge on any atom is 0.333 e. The van der Waals surface area contributed by atoms with Crippen LogP contribution in [0.2, 0.25) is 0 Å². The van der Waals surface area contributed by atoms with E-state index in [0.29, 0.717) is 18.1 Å². The van der Waals surface area contributed by atoms with Crippen LogP contribution >= 0.6 is 0 Å². The second-order valence-corrected chi connectivity index (χ2v) is 3.94. The molecule has 3 heteroatoms. The largest absolute Gasteiger partial charge is 0.462 e. The summed E-state index contributed by atoms with van der Waals surface area (Å²) in [6.07, 6.45) is 2.99. The van der Waals surface area contributed by atoms with Crippen LogP contribution in [0.5, 0.6) is 0 Å². The molecule has 3 nitrogen and oxygen atoms in total. The monoisotopic (exact) mass is 194 g/mol. The quantitative estimate of drug-likeness (QED) is 0.510. The summed E-state index contributed by atoms with van der Waals surface area (Å²) in [5.41, 5.74) is 0.461. The van der Waals surface area contributed by atoms with E-state index in [1.54, 1.807) is 6.92 Å². The van der Waals surface area contributed by atoms with Crippen molar-refractivity contribution in [2.45, 2.75) is 26.2 Å². The zero-order valence-electron chi connectivity index (χ0n) is 8.34. The molecule has 14 heavy (non-hydrogen) atoms. The van der Waals surface area contributed by atoms with Gasteiger partial charge in [-0.05, 0) is 13.3 Å². The van der Waals surface area contributed by atoms with Gasteiger partial charge in [0.25, 0.3) is 0 Å². The Kier molecular flexibility index (Phi) is 2.32. The molecule has 1 aliphatic heterocycles. The van der Waals surface area contributed by atoms with Crippen molar-refractivity contribution < 1.29 is 14.3 Å². The molecule has 1 atom stereocenters. The lowest BCUT2D eigenvalue weighted by Gasteiger charge is -2.14. The zero-order valence-corrected chi connectivity index (χ0v) is 8.34. The normalized spacial score (nSPS) is 23.6. The van der Waals surface area contributed by atoms with Crippen LogP contribution in [-0.4, -0.2) is 12.6 Å². The van der Waals surface area contributed by atoms with E-state index >= 15 is 0 Å². The highest BCUT2D eigenvalue weighted by Gasteiger charge is 2.33. The molecule has 76 valence electrons. The minimum Gasteiger partial charge on any atom is -0.462 e. The number of esters is 1. The SMILES string of the molecule is C=C(C)C(=O)OCC1CCC2=C(C1)O2. The summed E-state index contributed by atoms with van der Waals surface area (Å²) in [5.74, 6) is 2.42. The minimum absolute atomic E-state index is 0.290. The average Bonchev–Trinajstić information content (AvgIpc) is 2.91. The highest BCUT2D eigenvalue weighted by molar-refractivity contribution is 5.86. The van der Waals surface area contributed by atoms with Gasteiger partial charge < -0.3 is 9.47 Å². The van der Waals surface area contributed by atoms with Gasteiger partial charge in [-0.1, -0.05) is 6.58 Å². The van der Waals surface area contributed by atoms with E-state index in [-0.39, 0.29) is 5.97 Å². The fourth-order valence-corrected chi connectivity index (χ4v) is 1.63. The highest BCUT2D eigenvalue weighted by Crippen LogP contribution is 2.42. The van der Waals surface area contributed by atoms with E-state index in [4.69, 9.17) is 9.47 Å². The molecule has 0 fully saturated rings. The van der Waals surface area contributed by atoms with Crippen LogP contribution in [0.4, 0.5) is 0 Å². The topological polar surface area (TPSA) is 38.8 Å². The molecule has 0 radical (unpaired) electrons. The third-order valence-electron chi connectivity index (χ3n) is 2.57. The van der Waals surface area contributed by atoms with Gasteiger partial charge in [0.2, 0.25) is 0 Å². The van der Waals surface area contributed by atoms with E-state index in [1.165, 1.54) is 0 Å². The molecule has 0 aromatic rings. The van der Waals surface area contributed by atoms with E-state index in [0.717, 1.165) is 30.8 Å². The second-order valence-electron chi connectivity index (χ2n) is 3.94. The van der Waals surface area contributed by atoms with Crippen molar-refractivity contribution in [3.63, 3.8) is 0 Å². The second kappa shape index (κ2) is 3.48. The van der Waals surface area contributed by atoms with Gasteiger partial charge in [-0.2, -0.15) is 0 Å². The predicted molar refractivity (Wildman–Crippen MR) is 51.2 cm³/mol. The van der Waals surface area contributed by atoms with Crippen molar-refractivity contribution in [2.75, 3.05) is 6.61 Å². The van der Waals surface area contributed by atoms with E-state index in [1.807, 2.05) is 0 Å². The Hall–Kier alpha value is -1.25. The number of rotatable bonds is 3. The summed E-state index contributed by atoms with van der Waals surface area (Å²) in [4.78, 5) is 11.1. The molecular weight excluding hydrogens is 180 g/mol. The van der Waals surface area contributed by atoms with Crippen molar-refractivity contribution in [2.24, 2.45) is 5.92 Å². The Morgan fingerprint density at radius 3 is 3.07 bits per heavy atom. The molecule has 2 aliphatic rings. The Bertz CT molecular complexity index is 314. The first kappa shape index (κ1) is 9.31. The maximum absolute atomic E-state index is 11.1. The first-order valence-corrected chi connectivity index (χ1v) is 4.89. The Balaban J connectivity index is 1.74. The lowest BCUT2D eigenvalue weighted by atomic mass is 9.95. The zero-order chi connectivity index (χ0) is 10.1. The van der Waals surface area contributed by atoms with Gasteiger partial charge in [-0.3, -0.25) is 0 Å². The van der Waals surface area contributed by atoms with E-state index < -0.39 is 0 Å². The van der Waals surface area contributed by atoms with Crippen LogP contribution in [-0.2, 0) is 14.3 Å². The fraction of sp³-hybridized carbons (Fsp3) is 0.545. The number of hydrogen-bond acceptors (Lipinski definition) is 3. The lowest BCUT2D eigenvalue weighted by molar-refractivity contribution is -0.140. The molecule has 2 rings (SSSR count). The number of carbonyl (C=O) groups excluding carboxylic acids is 1. The smallest absolute Gasteiger partial charge is 0.333 e. The van der Waals surface area contributed by atoms with Crippen LogP contribution in [0.25, 0.3) is 0 Å². The average molecular weight is 194 g/mol. The van der Waals surface area contributed by atoms with Crippen LogP contribution in [0.3, 0.4) is 0 Å². The van der Waals surface area contributed by atoms with Crippen LogP contribution in [0.15, 0.2) is 23.7 Å². The van der Waals surface area contributed by atoms with Crippen molar-refractivity contribution >= 4 is 5.97 Å². The van der Waals surface area contributed by atoms with Gasteiger partial charge in [0.05, 0.1) is 6.61 Å². The standard InChI is InChI=1S/C11H14O3/c1-7(2)11(12)13-6-8-3-4-9-10(5-8)14-9/h8H,1,3-6H2,2H3. The number of carbonyl (C=O) groups is 1. The predicted octanol–water partition coefficient (Wildman–Crippen LogP) is 2.15. The molecule has 0 N–H and O–H groups in total. The first-order valence-electron chi connectivity index (χ1n) is 4.89. The molecule has 0 spiro atoms. The summed E-state index contributed by atoms with van der Waals surface area (Å²) in [6.45, 7) is 5.69. The lowest BCUT2D eigenvalue weighted by Crippen LogP contribution is -2.15. The van der Waals surface area contributed by atoms with Gasteiger partial charge in [0.15, 0.2) is 0 Å². The summed E-state index contributed by atoms with van der Waals surface area (Å²) in [7, 11) is 0. The molecule has 0 bridgehead atoms. The molecule has 0 aromatic carbocycles. The van der Waals surface area contributed by atoms with Gasteiger partial charge in [-0.15, -0.1) is 0 Å². The van der Waals surface area contributed by atoms with Crippen LogP contribution < -0.4 is 0 Å². The number of ether oxygens (including phenoxy) is 2. The summed E-state index contributed by atoms with van der Waals surface area (Å²) in [5, 5.41) is 0. The first-order chi connectivity index (χ1) is 6.66. The Labute approximate surface area is 83.4 Å². The third kappa shape index (κ3) is 1.97. The van der Waals surface area contributed by atoms with Gasteiger partial charge in [-0.25, -0.2) is 4.79 Å². The fourth-order valence-electron chi connectivity index (χ4n) is 1.63. The van der Waals surface area contributed by atoms with Gasteiger partial charge >= 0.3 is 5.97 Å². The van der Waals surface area contributed by atoms with Crippen molar-refractivity contribution in [3.05, 3.63) is 23.7 Å². The van der Waals surface area contributed by atoms with E-state index in [9.17, 15) is 4.79 Å². The van der Waals surface area contributed by atoms with Gasteiger partial charge in [0, 0.05) is 24.3 Å². The summed E-state index contributed by atoms with van der Waals surface area (Å²) < 4.78 is 10.3. The summed E-state index contributed by atoms with van der Waals surface area (Å²) >= 11 is 0. The third-order valence-corrected chi connectivity index (χ3v) is 2.57. The molecule has 0 amide bonds. The van der Waals surface area contributed by atoms with Crippen LogP contribution in [0, 0.1) is 5.92 Å². The molecule has 1 unspecified atom stereocenters. The van der Waals surface area contributed by atoms with Crippen molar-refractivity contribution in [1.29, 1.82) is 0 Å². The molecule has 1 heterocycles. The molecular formula is C11H14O3.